The molecular formula is C20H29IN4O3. The van der Waals surface area contributed by atoms with Crippen molar-refractivity contribution in [2.45, 2.75) is 39.7 Å². The number of carbonyl (C=O) groups is 1. The summed E-state index contributed by atoms with van der Waals surface area (Å²) in [5.74, 6) is 1.48. The van der Waals surface area contributed by atoms with Crippen LogP contribution in [0, 0.1) is 0 Å². The standard InChI is InChI=1S/C20H28N4O3.HI/c1-5-21-20(23-13-17-12-18(14(2)3)24-27-17)22-11-10-15-6-8-16(9-7-15)19(25)26-4;/h6-9,12,14H,5,10-11,13H2,1-4H3,(H2,21,22,23);1H. The Morgan fingerprint density at radius 2 is 1.96 bits per heavy atom. The number of nitrogens with one attached hydrogen (secondary N) is 2. The minimum absolute atomic E-state index is 0. The van der Waals surface area contributed by atoms with Crippen LogP contribution in [0.15, 0.2) is 39.8 Å². The summed E-state index contributed by atoms with van der Waals surface area (Å²) in [5, 5.41) is 10.6. The number of rotatable bonds is 8. The molecule has 0 saturated heterocycles. The number of benzene rings is 1. The van der Waals surface area contributed by atoms with E-state index in [0.717, 1.165) is 42.5 Å². The number of aliphatic imine (C=N–C) groups is 1. The van der Waals surface area contributed by atoms with Gasteiger partial charge in [0, 0.05) is 19.2 Å². The van der Waals surface area contributed by atoms with E-state index < -0.39 is 0 Å². The van der Waals surface area contributed by atoms with Crippen LogP contribution in [0.2, 0.25) is 0 Å². The summed E-state index contributed by atoms with van der Waals surface area (Å²) in [6.07, 6.45) is 0.811. The van der Waals surface area contributed by atoms with Gasteiger partial charge in [-0.1, -0.05) is 31.1 Å². The highest BCUT2D eigenvalue weighted by Crippen LogP contribution is 2.14. The number of methoxy groups -OCH3 is 1. The highest BCUT2D eigenvalue weighted by molar-refractivity contribution is 14.0. The third-order valence-electron chi connectivity index (χ3n) is 3.99. The van der Waals surface area contributed by atoms with E-state index in [2.05, 4.69) is 34.6 Å². The highest BCUT2D eigenvalue weighted by atomic mass is 127. The van der Waals surface area contributed by atoms with Gasteiger partial charge in [0.1, 0.15) is 6.54 Å². The molecule has 2 aromatic rings. The van der Waals surface area contributed by atoms with Gasteiger partial charge in [-0.3, -0.25) is 0 Å². The Hall–Kier alpha value is -2.10. The van der Waals surface area contributed by atoms with Crippen LogP contribution in [0.1, 0.15) is 54.1 Å². The van der Waals surface area contributed by atoms with Crippen molar-refractivity contribution in [1.82, 2.24) is 15.8 Å². The number of nitrogens with zero attached hydrogens (tertiary/aromatic N) is 2. The minimum atomic E-state index is -0.325. The highest BCUT2D eigenvalue weighted by Gasteiger charge is 2.08. The molecule has 0 fully saturated rings. The Morgan fingerprint density at radius 1 is 1.25 bits per heavy atom. The number of esters is 1. The molecule has 0 amide bonds. The second-order valence-electron chi connectivity index (χ2n) is 6.43. The van der Waals surface area contributed by atoms with Crippen LogP contribution in [0.3, 0.4) is 0 Å². The number of aromatic nitrogens is 1. The fourth-order valence-corrected chi connectivity index (χ4v) is 2.42. The summed E-state index contributed by atoms with van der Waals surface area (Å²) in [4.78, 5) is 16.0. The van der Waals surface area contributed by atoms with Crippen LogP contribution in [0.25, 0.3) is 0 Å². The molecule has 0 aliphatic heterocycles. The molecule has 1 aromatic heterocycles. The molecule has 1 heterocycles. The minimum Gasteiger partial charge on any atom is -0.465 e. The lowest BCUT2D eigenvalue weighted by Crippen LogP contribution is -2.38. The number of hydrogen-bond donors (Lipinski definition) is 2. The average Bonchev–Trinajstić information content (AvgIpc) is 3.15. The fraction of sp³-hybridized carbons (Fsp3) is 0.450. The van der Waals surface area contributed by atoms with Crippen molar-refractivity contribution in [1.29, 1.82) is 0 Å². The number of guanidine groups is 1. The molecule has 2 N–H and O–H groups in total. The van der Waals surface area contributed by atoms with E-state index >= 15 is 0 Å². The second kappa shape index (κ2) is 12.4. The summed E-state index contributed by atoms with van der Waals surface area (Å²) < 4.78 is 10.0. The maximum atomic E-state index is 11.5. The summed E-state index contributed by atoms with van der Waals surface area (Å²) in [6, 6.07) is 9.36. The van der Waals surface area contributed by atoms with Gasteiger partial charge in [0.15, 0.2) is 11.7 Å². The molecule has 0 unspecified atom stereocenters. The summed E-state index contributed by atoms with van der Waals surface area (Å²) in [6.45, 7) is 8.10. The lowest BCUT2D eigenvalue weighted by atomic mass is 10.1. The third kappa shape index (κ3) is 7.49. The molecule has 0 saturated carbocycles. The van der Waals surface area contributed by atoms with E-state index in [9.17, 15) is 4.79 Å². The van der Waals surface area contributed by atoms with Crippen LogP contribution in [0.4, 0.5) is 0 Å². The number of carbonyl (C=O) groups excluding carboxylic acids is 1. The quantitative estimate of drug-likeness (QED) is 0.250. The van der Waals surface area contributed by atoms with Gasteiger partial charge in [-0.15, -0.1) is 24.0 Å². The maximum Gasteiger partial charge on any atom is 0.337 e. The molecule has 0 aliphatic rings. The van der Waals surface area contributed by atoms with Gasteiger partial charge in [0.2, 0.25) is 0 Å². The molecule has 8 heteroatoms. The van der Waals surface area contributed by atoms with E-state index in [1.54, 1.807) is 12.1 Å². The molecule has 0 bridgehead atoms. The van der Waals surface area contributed by atoms with Crippen molar-refractivity contribution >= 4 is 35.9 Å². The summed E-state index contributed by atoms with van der Waals surface area (Å²) in [7, 11) is 1.38. The topological polar surface area (TPSA) is 88.8 Å². The van der Waals surface area contributed by atoms with Crippen LogP contribution < -0.4 is 10.6 Å². The van der Waals surface area contributed by atoms with E-state index in [1.165, 1.54) is 7.11 Å². The molecule has 154 valence electrons. The first-order chi connectivity index (χ1) is 13.0. The Balaban J connectivity index is 0.00000392. The van der Waals surface area contributed by atoms with Crippen molar-refractivity contribution in [2.24, 2.45) is 4.99 Å². The van der Waals surface area contributed by atoms with E-state index in [0.29, 0.717) is 18.0 Å². The Bertz CT molecular complexity index is 757. The van der Waals surface area contributed by atoms with Gasteiger partial charge >= 0.3 is 5.97 Å². The van der Waals surface area contributed by atoms with Crippen molar-refractivity contribution < 1.29 is 14.1 Å². The molecular weight excluding hydrogens is 471 g/mol. The average molecular weight is 500 g/mol. The van der Waals surface area contributed by atoms with Crippen molar-refractivity contribution in [3.63, 3.8) is 0 Å². The van der Waals surface area contributed by atoms with Gasteiger partial charge in [-0.05, 0) is 37.0 Å². The SMILES string of the molecule is CCNC(=NCc1cc(C(C)C)no1)NCCc1ccc(C(=O)OC)cc1.I. The molecule has 0 spiro atoms. The van der Waals surface area contributed by atoms with Crippen LogP contribution in [-0.2, 0) is 17.7 Å². The molecule has 7 nitrogen and oxygen atoms in total. The molecule has 0 atom stereocenters. The zero-order valence-corrected chi connectivity index (χ0v) is 19.2. The normalized spacial score (nSPS) is 11.1. The predicted molar refractivity (Wildman–Crippen MR) is 120 cm³/mol. The van der Waals surface area contributed by atoms with Crippen LogP contribution in [-0.4, -0.2) is 37.3 Å². The maximum absolute atomic E-state index is 11.5. The van der Waals surface area contributed by atoms with Crippen molar-refractivity contribution in [2.75, 3.05) is 20.2 Å². The first-order valence-corrected chi connectivity index (χ1v) is 9.18. The lowest BCUT2D eigenvalue weighted by Gasteiger charge is -2.11. The van der Waals surface area contributed by atoms with Crippen molar-refractivity contribution in [3.8, 4) is 0 Å². The third-order valence-corrected chi connectivity index (χ3v) is 3.99. The number of ether oxygens (including phenoxy) is 1. The van der Waals surface area contributed by atoms with Gasteiger partial charge in [-0.2, -0.15) is 0 Å². The molecule has 2 rings (SSSR count). The van der Waals surface area contributed by atoms with Crippen LogP contribution in [0.5, 0.6) is 0 Å². The first kappa shape index (κ1) is 23.9. The van der Waals surface area contributed by atoms with Gasteiger partial charge in [0.05, 0.1) is 18.4 Å². The first-order valence-electron chi connectivity index (χ1n) is 9.18. The number of halogens is 1. The van der Waals surface area contributed by atoms with Gasteiger partial charge < -0.3 is 19.9 Å². The molecule has 0 radical (unpaired) electrons. The zero-order valence-electron chi connectivity index (χ0n) is 16.8. The van der Waals surface area contributed by atoms with Crippen molar-refractivity contribution in [3.05, 3.63) is 52.9 Å². The van der Waals surface area contributed by atoms with E-state index in [4.69, 9.17) is 9.26 Å². The predicted octanol–water partition coefficient (Wildman–Crippen LogP) is 3.50. The zero-order chi connectivity index (χ0) is 19.6. The number of hydrogen-bond acceptors (Lipinski definition) is 5. The molecule has 1 aromatic carbocycles. The summed E-state index contributed by atoms with van der Waals surface area (Å²) >= 11 is 0. The Morgan fingerprint density at radius 3 is 2.54 bits per heavy atom. The smallest absolute Gasteiger partial charge is 0.337 e. The van der Waals surface area contributed by atoms with Crippen LogP contribution >= 0.6 is 24.0 Å². The van der Waals surface area contributed by atoms with E-state index in [1.807, 2.05) is 25.1 Å². The Labute approximate surface area is 183 Å². The molecule has 0 aliphatic carbocycles. The van der Waals surface area contributed by atoms with Gasteiger partial charge in [0.25, 0.3) is 0 Å². The molecule has 28 heavy (non-hydrogen) atoms. The monoisotopic (exact) mass is 500 g/mol. The van der Waals surface area contributed by atoms with Gasteiger partial charge in [-0.25, -0.2) is 9.79 Å². The largest absolute Gasteiger partial charge is 0.465 e. The summed E-state index contributed by atoms with van der Waals surface area (Å²) in [5.41, 5.74) is 2.62. The Kier molecular flexibility index (Phi) is 10.6. The van der Waals surface area contributed by atoms with E-state index in [-0.39, 0.29) is 29.9 Å². The fourth-order valence-electron chi connectivity index (χ4n) is 2.42. The lowest BCUT2D eigenvalue weighted by molar-refractivity contribution is 0.0600. The second-order valence-corrected chi connectivity index (χ2v) is 6.43.